The maximum atomic E-state index is 3.90. The molecule has 0 aliphatic carbocycles. The molecule has 0 amide bonds. The normalized spacial score (nSPS) is 10.8. The summed E-state index contributed by atoms with van der Waals surface area (Å²) in [6, 6.07) is 0. The second kappa shape index (κ2) is 6.47. The summed E-state index contributed by atoms with van der Waals surface area (Å²) in [7, 11) is 1.97. The van der Waals surface area contributed by atoms with Gasteiger partial charge in [0.2, 0.25) is 0 Å². The van der Waals surface area contributed by atoms with Crippen LogP contribution in [0.25, 0.3) is 0 Å². The van der Waals surface area contributed by atoms with E-state index in [0.717, 1.165) is 12.1 Å². The van der Waals surface area contributed by atoms with Gasteiger partial charge in [0.05, 0.1) is 0 Å². The molecule has 0 aromatic carbocycles. The highest BCUT2D eigenvalue weighted by Crippen LogP contribution is 1.96. The molecule has 0 saturated carbocycles. The molecule has 0 aliphatic rings. The quantitative estimate of drug-likeness (QED) is 0.563. The van der Waals surface area contributed by atoms with Gasteiger partial charge in [-0.25, -0.2) is 0 Å². The van der Waals surface area contributed by atoms with Gasteiger partial charge in [0.25, 0.3) is 0 Å². The predicted octanol–water partition coefficient (Wildman–Crippen LogP) is 2.75. The Bertz CT molecular complexity index is 199. The number of nitrogens with zero attached hydrogens (tertiary/aromatic N) is 1. The van der Waals surface area contributed by atoms with Crippen molar-refractivity contribution in [3.05, 3.63) is 49.2 Å². The number of allylic oxidation sites excluding steroid dienone is 3. The fourth-order valence-electron chi connectivity index (χ4n) is 0.740. The van der Waals surface area contributed by atoms with Gasteiger partial charge in [0.1, 0.15) is 0 Å². The van der Waals surface area contributed by atoms with Gasteiger partial charge in [0.15, 0.2) is 0 Å². The molecule has 1 nitrogen and oxygen atoms in total. The second-order valence-electron chi connectivity index (χ2n) is 2.64. The van der Waals surface area contributed by atoms with E-state index in [1.807, 2.05) is 43.2 Å². The van der Waals surface area contributed by atoms with E-state index in [0.29, 0.717) is 0 Å². The SMILES string of the molecule is C=CN(C)CC(=C)/C=C\C=C/C. The molecule has 0 N–H and O–H groups in total. The average Bonchev–Trinajstić information content (AvgIpc) is 2.05. The molecule has 0 heterocycles. The van der Waals surface area contributed by atoms with E-state index >= 15 is 0 Å². The molecule has 12 heavy (non-hydrogen) atoms. The van der Waals surface area contributed by atoms with E-state index in [-0.39, 0.29) is 0 Å². The first-order valence-corrected chi connectivity index (χ1v) is 4.00. The van der Waals surface area contributed by atoms with Crippen LogP contribution in [0.15, 0.2) is 49.2 Å². The highest BCUT2D eigenvalue weighted by molar-refractivity contribution is 5.20. The third kappa shape index (κ3) is 5.54. The fourth-order valence-corrected chi connectivity index (χ4v) is 0.740. The van der Waals surface area contributed by atoms with Crippen molar-refractivity contribution in [1.82, 2.24) is 4.90 Å². The van der Waals surface area contributed by atoms with Crippen LogP contribution < -0.4 is 0 Å². The van der Waals surface area contributed by atoms with Crippen LogP contribution >= 0.6 is 0 Å². The zero-order chi connectivity index (χ0) is 9.40. The molecule has 0 aromatic rings. The van der Waals surface area contributed by atoms with Crippen molar-refractivity contribution >= 4 is 0 Å². The molecule has 0 atom stereocenters. The van der Waals surface area contributed by atoms with E-state index in [2.05, 4.69) is 13.2 Å². The average molecular weight is 163 g/mol. The van der Waals surface area contributed by atoms with E-state index in [9.17, 15) is 0 Å². The minimum atomic E-state index is 0.831. The molecule has 0 saturated heterocycles. The smallest absolute Gasteiger partial charge is 0.0414 e. The van der Waals surface area contributed by atoms with E-state index in [1.165, 1.54) is 0 Å². The van der Waals surface area contributed by atoms with Crippen LogP contribution in [0, 0.1) is 0 Å². The van der Waals surface area contributed by atoms with Gasteiger partial charge in [0, 0.05) is 13.6 Å². The summed E-state index contributed by atoms with van der Waals surface area (Å²) in [6.07, 6.45) is 9.74. The van der Waals surface area contributed by atoms with E-state index in [1.54, 1.807) is 6.20 Å². The van der Waals surface area contributed by atoms with Crippen molar-refractivity contribution in [3.8, 4) is 0 Å². The third-order valence-corrected chi connectivity index (χ3v) is 1.40. The molecule has 66 valence electrons. The number of likely N-dealkylation sites (N-methyl/N-ethyl adjacent to an activating group) is 1. The summed E-state index contributed by atoms with van der Waals surface area (Å²) in [4.78, 5) is 1.99. The Labute approximate surface area is 75.4 Å². The van der Waals surface area contributed by atoms with Crippen molar-refractivity contribution in [2.75, 3.05) is 13.6 Å². The van der Waals surface area contributed by atoms with Crippen LogP contribution in [0.5, 0.6) is 0 Å². The first kappa shape index (κ1) is 10.8. The lowest BCUT2D eigenvalue weighted by Gasteiger charge is -2.12. The highest BCUT2D eigenvalue weighted by atomic mass is 15.1. The Morgan fingerprint density at radius 2 is 2.08 bits per heavy atom. The first-order valence-electron chi connectivity index (χ1n) is 4.00. The molecule has 0 radical (unpaired) electrons. The van der Waals surface area contributed by atoms with Gasteiger partial charge in [-0.3, -0.25) is 0 Å². The topological polar surface area (TPSA) is 3.24 Å². The summed E-state index contributed by atoms with van der Waals surface area (Å²) in [6.45, 7) is 10.4. The zero-order valence-corrected chi connectivity index (χ0v) is 7.96. The Morgan fingerprint density at radius 1 is 1.42 bits per heavy atom. The maximum absolute atomic E-state index is 3.90. The largest absolute Gasteiger partial charge is 0.377 e. The van der Waals surface area contributed by atoms with E-state index < -0.39 is 0 Å². The molecular weight excluding hydrogens is 146 g/mol. The van der Waals surface area contributed by atoms with Gasteiger partial charge in [-0.2, -0.15) is 0 Å². The zero-order valence-electron chi connectivity index (χ0n) is 7.96. The lowest BCUT2D eigenvalue weighted by Crippen LogP contribution is -2.12. The van der Waals surface area contributed by atoms with Crippen molar-refractivity contribution in [3.63, 3.8) is 0 Å². The molecule has 0 bridgehead atoms. The number of hydrogen-bond donors (Lipinski definition) is 0. The van der Waals surface area contributed by atoms with Crippen LogP contribution in [-0.2, 0) is 0 Å². The molecule has 0 aromatic heterocycles. The minimum absolute atomic E-state index is 0.831. The predicted molar refractivity (Wildman–Crippen MR) is 55.9 cm³/mol. The van der Waals surface area contributed by atoms with Crippen LogP contribution in [0.1, 0.15) is 6.92 Å². The summed E-state index contributed by atoms with van der Waals surface area (Å²) >= 11 is 0. The minimum Gasteiger partial charge on any atom is -0.377 e. The summed E-state index contributed by atoms with van der Waals surface area (Å²) < 4.78 is 0. The highest BCUT2D eigenvalue weighted by Gasteiger charge is 1.90. The first-order chi connectivity index (χ1) is 5.70. The Hall–Kier alpha value is -1.24. The molecule has 1 heteroatoms. The van der Waals surface area contributed by atoms with Crippen LogP contribution in [0.2, 0.25) is 0 Å². The van der Waals surface area contributed by atoms with Gasteiger partial charge in [-0.1, -0.05) is 37.5 Å². The molecule has 0 aliphatic heterocycles. The Balaban J connectivity index is 3.81. The van der Waals surface area contributed by atoms with Crippen molar-refractivity contribution < 1.29 is 0 Å². The summed E-state index contributed by atoms with van der Waals surface area (Å²) in [5, 5.41) is 0. The van der Waals surface area contributed by atoms with Crippen LogP contribution in [-0.4, -0.2) is 18.5 Å². The van der Waals surface area contributed by atoms with Gasteiger partial charge in [-0.15, -0.1) is 0 Å². The molecule has 0 rings (SSSR count). The van der Waals surface area contributed by atoms with Crippen LogP contribution in [0.3, 0.4) is 0 Å². The lowest BCUT2D eigenvalue weighted by atomic mass is 10.2. The summed E-state index contributed by atoms with van der Waals surface area (Å²) in [5.41, 5.74) is 1.08. The Morgan fingerprint density at radius 3 is 2.58 bits per heavy atom. The number of hydrogen-bond acceptors (Lipinski definition) is 1. The van der Waals surface area contributed by atoms with E-state index in [4.69, 9.17) is 0 Å². The van der Waals surface area contributed by atoms with Crippen molar-refractivity contribution in [2.24, 2.45) is 0 Å². The van der Waals surface area contributed by atoms with Crippen molar-refractivity contribution in [1.29, 1.82) is 0 Å². The second-order valence-corrected chi connectivity index (χ2v) is 2.64. The molecule has 0 spiro atoms. The lowest BCUT2D eigenvalue weighted by molar-refractivity contribution is 0.503. The van der Waals surface area contributed by atoms with Crippen molar-refractivity contribution in [2.45, 2.75) is 6.92 Å². The van der Waals surface area contributed by atoms with Crippen LogP contribution in [0.4, 0.5) is 0 Å². The fraction of sp³-hybridized carbons (Fsp3) is 0.273. The monoisotopic (exact) mass is 163 g/mol. The standard InChI is InChI=1S/C11H17N/c1-5-7-8-9-11(3)10-12(4)6-2/h5-9H,2-3,10H2,1,4H3/b7-5-,9-8-. The third-order valence-electron chi connectivity index (χ3n) is 1.40. The summed E-state index contributed by atoms with van der Waals surface area (Å²) in [5.74, 6) is 0. The van der Waals surface area contributed by atoms with Gasteiger partial charge >= 0.3 is 0 Å². The van der Waals surface area contributed by atoms with Gasteiger partial charge in [-0.05, 0) is 18.7 Å². The number of rotatable bonds is 5. The maximum Gasteiger partial charge on any atom is 0.0414 e. The molecular formula is C11H17N. The Kier molecular flexibility index (Phi) is 5.80. The van der Waals surface area contributed by atoms with Gasteiger partial charge < -0.3 is 4.90 Å². The molecule has 0 unspecified atom stereocenters. The molecule has 0 fully saturated rings.